The minimum atomic E-state index is -4.45. The van der Waals surface area contributed by atoms with E-state index in [9.17, 15) is 22.8 Å². The fourth-order valence-corrected chi connectivity index (χ4v) is 2.04. The summed E-state index contributed by atoms with van der Waals surface area (Å²) in [5.41, 5.74) is 0.231. The number of aryl methyl sites for hydroxylation is 1. The highest BCUT2D eigenvalue weighted by molar-refractivity contribution is 5.77. The first-order valence-corrected chi connectivity index (χ1v) is 6.57. The highest BCUT2D eigenvalue weighted by atomic mass is 19.4. The third-order valence-corrected chi connectivity index (χ3v) is 3.10. The number of carbonyl (C=O) groups excluding carboxylic acids is 1. The van der Waals surface area contributed by atoms with Crippen LogP contribution < -0.4 is 10.9 Å². The van der Waals surface area contributed by atoms with Crippen LogP contribution in [0.1, 0.15) is 12.2 Å². The van der Waals surface area contributed by atoms with Gasteiger partial charge in [-0.1, -0.05) is 12.1 Å². The zero-order valence-electron chi connectivity index (χ0n) is 11.8. The molecule has 118 valence electrons. The van der Waals surface area contributed by atoms with E-state index in [1.807, 2.05) is 0 Å². The van der Waals surface area contributed by atoms with Gasteiger partial charge in [-0.05, 0) is 19.1 Å². The minimum Gasteiger partial charge on any atom is -0.347 e. The van der Waals surface area contributed by atoms with Crippen molar-refractivity contribution in [2.75, 3.05) is 6.54 Å². The van der Waals surface area contributed by atoms with Crippen molar-refractivity contribution in [2.45, 2.75) is 26.1 Å². The van der Waals surface area contributed by atoms with E-state index in [1.54, 1.807) is 36.5 Å². The number of rotatable bonds is 4. The summed E-state index contributed by atoms with van der Waals surface area (Å²) in [6.07, 6.45) is -4.68. The van der Waals surface area contributed by atoms with Crippen LogP contribution in [0.2, 0.25) is 0 Å². The van der Waals surface area contributed by atoms with Crippen molar-refractivity contribution in [3.63, 3.8) is 0 Å². The van der Waals surface area contributed by atoms with Crippen LogP contribution in [0.25, 0.3) is 10.9 Å². The monoisotopic (exact) mass is 313 g/mol. The minimum absolute atomic E-state index is 0.0216. The second kappa shape index (κ2) is 6.17. The molecule has 1 aromatic heterocycles. The lowest BCUT2D eigenvalue weighted by Crippen LogP contribution is -2.35. The maximum absolute atomic E-state index is 12.3. The van der Waals surface area contributed by atoms with Crippen LogP contribution in [0, 0.1) is 6.92 Å². The molecule has 1 amide bonds. The average molecular weight is 313 g/mol. The number of alkyl halides is 3. The first-order valence-electron chi connectivity index (χ1n) is 6.57. The Balaban J connectivity index is 2.12. The maximum atomic E-state index is 12.3. The number of hydrogen-bond acceptors (Lipinski definition) is 3. The predicted octanol–water partition coefficient (Wildman–Crippen LogP) is 1.77. The molecule has 2 aromatic rings. The molecule has 0 radical (unpaired) electrons. The average Bonchev–Trinajstić information content (AvgIpc) is 2.44. The second-order valence-electron chi connectivity index (χ2n) is 4.77. The molecule has 2 rings (SSSR count). The van der Waals surface area contributed by atoms with Crippen LogP contribution in [-0.2, 0) is 11.3 Å². The van der Waals surface area contributed by atoms with E-state index >= 15 is 0 Å². The largest absolute Gasteiger partial charge is 0.405 e. The molecule has 5 nitrogen and oxygen atoms in total. The lowest BCUT2D eigenvalue weighted by molar-refractivity contribution is -0.138. The molecule has 0 spiro atoms. The number of para-hydroxylation sites is 1. The van der Waals surface area contributed by atoms with E-state index in [-0.39, 0.29) is 18.5 Å². The van der Waals surface area contributed by atoms with Gasteiger partial charge in [-0.25, -0.2) is 4.98 Å². The Hall–Kier alpha value is -2.38. The summed E-state index contributed by atoms with van der Waals surface area (Å²) in [6.45, 7) is 0.212. The lowest BCUT2D eigenvalue weighted by atomic mass is 10.2. The molecular formula is C14H14F3N3O2. The molecule has 0 aliphatic rings. The number of nitrogens with zero attached hydrogens (tertiary/aromatic N) is 2. The zero-order valence-corrected chi connectivity index (χ0v) is 11.8. The van der Waals surface area contributed by atoms with Gasteiger partial charge in [0.2, 0.25) is 5.91 Å². The molecule has 1 N–H and O–H groups in total. The molecule has 22 heavy (non-hydrogen) atoms. The molecule has 8 heteroatoms. The van der Waals surface area contributed by atoms with Crippen molar-refractivity contribution in [2.24, 2.45) is 0 Å². The summed E-state index contributed by atoms with van der Waals surface area (Å²) >= 11 is 0. The first-order chi connectivity index (χ1) is 10.3. The van der Waals surface area contributed by atoms with E-state index in [0.717, 1.165) is 0 Å². The van der Waals surface area contributed by atoms with Crippen molar-refractivity contribution < 1.29 is 18.0 Å². The van der Waals surface area contributed by atoms with Crippen LogP contribution in [0.4, 0.5) is 13.2 Å². The van der Waals surface area contributed by atoms with Gasteiger partial charge in [-0.15, -0.1) is 0 Å². The number of nitrogens with one attached hydrogen (secondary N) is 1. The molecule has 0 saturated heterocycles. The predicted molar refractivity (Wildman–Crippen MR) is 74.4 cm³/mol. The fraction of sp³-hybridized carbons (Fsp3) is 0.357. The number of aromatic nitrogens is 2. The number of halogens is 3. The molecule has 0 atom stereocenters. The Kier molecular flexibility index (Phi) is 4.48. The quantitative estimate of drug-likeness (QED) is 0.936. The molecule has 0 saturated carbocycles. The van der Waals surface area contributed by atoms with Gasteiger partial charge < -0.3 is 5.32 Å². The fourth-order valence-electron chi connectivity index (χ4n) is 2.04. The molecule has 1 heterocycles. The van der Waals surface area contributed by atoms with E-state index in [0.29, 0.717) is 16.7 Å². The molecule has 0 fully saturated rings. The van der Waals surface area contributed by atoms with Gasteiger partial charge >= 0.3 is 6.18 Å². The zero-order chi connectivity index (χ0) is 16.3. The highest BCUT2D eigenvalue weighted by Gasteiger charge is 2.27. The molecule has 1 aromatic carbocycles. The molecule has 0 aliphatic carbocycles. The van der Waals surface area contributed by atoms with Gasteiger partial charge in [0.25, 0.3) is 5.56 Å². The third kappa shape index (κ3) is 3.84. The van der Waals surface area contributed by atoms with E-state index < -0.39 is 18.6 Å². The van der Waals surface area contributed by atoms with Gasteiger partial charge in [0, 0.05) is 13.0 Å². The summed E-state index contributed by atoms with van der Waals surface area (Å²) in [5, 5.41) is 2.18. The second-order valence-corrected chi connectivity index (χ2v) is 4.77. The standard InChI is InChI=1S/C14H14F3N3O2/c1-9-19-11-5-3-2-4-10(11)13(22)20(9)7-6-12(21)18-8-14(15,16)17/h2-5H,6-8H2,1H3,(H,18,21). The summed E-state index contributed by atoms with van der Waals surface area (Å²) < 4.78 is 37.3. The van der Waals surface area contributed by atoms with Crippen LogP contribution in [0.3, 0.4) is 0 Å². The van der Waals surface area contributed by atoms with E-state index in [4.69, 9.17) is 0 Å². The smallest absolute Gasteiger partial charge is 0.347 e. The van der Waals surface area contributed by atoms with Gasteiger partial charge in [0.05, 0.1) is 10.9 Å². The van der Waals surface area contributed by atoms with Crippen LogP contribution in [0.5, 0.6) is 0 Å². The van der Waals surface area contributed by atoms with Gasteiger partial charge in [0.1, 0.15) is 12.4 Å². The Morgan fingerprint density at radius 2 is 2.00 bits per heavy atom. The molecule has 0 unspecified atom stereocenters. The van der Waals surface area contributed by atoms with Gasteiger partial charge in [-0.3, -0.25) is 14.2 Å². The van der Waals surface area contributed by atoms with Crippen LogP contribution in [0.15, 0.2) is 29.1 Å². The number of amides is 1. The summed E-state index contributed by atoms with van der Waals surface area (Å²) in [5.74, 6) is -0.357. The molecular weight excluding hydrogens is 299 g/mol. The summed E-state index contributed by atoms with van der Waals surface area (Å²) in [7, 11) is 0. The van der Waals surface area contributed by atoms with Crippen molar-refractivity contribution >= 4 is 16.8 Å². The van der Waals surface area contributed by atoms with Crippen molar-refractivity contribution in [1.82, 2.24) is 14.9 Å². The topological polar surface area (TPSA) is 64.0 Å². The Labute approximate surface area is 123 Å². The van der Waals surface area contributed by atoms with E-state index in [2.05, 4.69) is 4.98 Å². The maximum Gasteiger partial charge on any atom is 0.405 e. The number of hydrogen-bond donors (Lipinski definition) is 1. The molecule has 0 bridgehead atoms. The lowest BCUT2D eigenvalue weighted by Gasteiger charge is -2.11. The SMILES string of the molecule is Cc1nc2ccccc2c(=O)n1CCC(=O)NCC(F)(F)F. The Bertz CT molecular complexity index is 753. The number of benzene rings is 1. The van der Waals surface area contributed by atoms with Gasteiger partial charge in [0.15, 0.2) is 0 Å². The number of carbonyl (C=O) groups is 1. The normalized spacial score (nSPS) is 11.6. The van der Waals surface area contributed by atoms with Gasteiger partial charge in [-0.2, -0.15) is 13.2 Å². The molecule has 0 aliphatic heterocycles. The Morgan fingerprint density at radius 1 is 1.32 bits per heavy atom. The van der Waals surface area contributed by atoms with E-state index in [1.165, 1.54) is 4.57 Å². The summed E-state index contributed by atoms with van der Waals surface area (Å²) in [4.78, 5) is 27.9. The highest BCUT2D eigenvalue weighted by Crippen LogP contribution is 2.12. The first kappa shape index (κ1) is 16.0. The van der Waals surface area contributed by atoms with Crippen molar-refractivity contribution in [3.05, 3.63) is 40.4 Å². The summed E-state index contributed by atoms with van der Waals surface area (Å²) in [6, 6.07) is 6.76. The van der Waals surface area contributed by atoms with Crippen LogP contribution in [-0.4, -0.2) is 28.2 Å². The number of fused-ring (bicyclic) bond motifs is 1. The van der Waals surface area contributed by atoms with Crippen LogP contribution >= 0.6 is 0 Å². The van der Waals surface area contributed by atoms with Crippen molar-refractivity contribution in [1.29, 1.82) is 0 Å². The van der Waals surface area contributed by atoms with Crippen molar-refractivity contribution in [3.8, 4) is 0 Å². The Morgan fingerprint density at radius 3 is 2.68 bits per heavy atom. The third-order valence-electron chi connectivity index (χ3n) is 3.10.